The summed E-state index contributed by atoms with van der Waals surface area (Å²) < 4.78 is 12.1. The molecule has 3 heterocycles. The molecular weight excluding hydrogens is 402 g/mol. The number of fused-ring (bicyclic) bond motifs is 1. The van der Waals surface area contributed by atoms with Gasteiger partial charge in [-0.1, -0.05) is 24.3 Å². The molecule has 30 heavy (non-hydrogen) atoms. The van der Waals surface area contributed by atoms with E-state index in [1.165, 1.54) is 11.3 Å². The number of furan rings is 1. The van der Waals surface area contributed by atoms with Gasteiger partial charge in [0, 0.05) is 0 Å². The van der Waals surface area contributed by atoms with Crippen molar-refractivity contribution < 1.29 is 13.9 Å². The summed E-state index contributed by atoms with van der Waals surface area (Å²) in [5.41, 5.74) is 1.63. The number of hydrogen-bond acceptors (Lipinski definition) is 7. The largest absolute Gasteiger partial charge is 0.496 e. The van der Waals surface area contributed by atoms with Crippen LogP contribution < -0.4 is 10.1 Å². The molecule has 0 aliphatic heterocycles. The number of aromatic amines is 1. The highest BCUT2D eigenvalue weighted by molar-refractivity contribution is 7.21. The minimum Gasteiger partial charge on any atom is -0.496 e. The van der Waals surface area contributed by atoms with Crippen LogP contribution in [0.2, 0.25) is 0 Å². The van der Waals surface area contributed by atoms with E-state index in [-0.39, 0.29) is 11.7 Å². The van der Waals surface area contributed by atoms with Crippen molar-refractivity contribution in [3.8, 4) is 27.9 Å². The number of benzene rings is 2. The maximum absolute atomic E-state index is 12.6. The summed E-state index contributed by atoms with van der Waals surface area (Å²) in [6, 6.07) is 18.6. The molecule has 0 atom stereocenters. The second-order valence-electron chi connectivity index (χ2n) is 6.31. The molecule has 5 aromatic rings. The molecule has 0 fully saturated rings. The minimum atomic E-state index is -0.451. The Morgan fingerprint density at radius 3 is 2.77 bits per heavy atom. The van der Waals surface area contributed by atoms with Crippen molar-refractivity contribution in [2.45, 2.75) is 0 Å². The first-order valence-corrected chi connectivity index (χ1v) is 9.86. The highest BCUT2D eigenvalue weighted by atomic mass is 32.1. The Kier molecular flexibility index (Phi) is 4.49. The van der Waals surface area contributed by atoms with Gasteiger partial charge in [-0.25, -0.2) is 4.98 Å². The lowest BCUT2D eigenvalue weighted by Gasteiger charge is -2.04. The third kappa shape index (κ3) is 3.31. The van der Waals surface area contributed by atoms with Gasteiger partial charge in [-0.2, -0.15) is 4.98 Å². The Bertz CT molecular complexity index is 1320. The van der Waals surface area contributed by atoms with E-state index >= 15 is 0 Å². The second-order valence-corrected chi connectivity index (χ2v) is 7.34. The monoisotopic (exact) mass is 417 g/mol. The van der Waals surface area contributed by atoms with Gasteiger partial charge in [0.1, 0.15) is 5.75 Å². The number of hydrogen-bond donors (Lipinski definition) is 2. The highest BCUT2D eigenvalue weighted by Gasteiger charge is 2.17. The van der Waals surface area contributed by atoms with Crippen LogP contribution in [0.5, 0.6) is 5.75 Å². The molecule has 0 saturated carbocycles. The van der Waals surface area contributed by atoms with Crippen LogP contribution in [0.15, 0.2) is 65.1 Å². The molecule has 2 N–H and O–H groups in total. The van der Waals surface area contributed by atoms with Gasteiger partial charge >= 0.3 is 0 Å². The van der Waals surface area contributed by atoms with Gasteiger partial charge in [0.05, 0.1) is 22.9 Å². The van der Waals surface area contributed by atoms with Crippen molar-refractivity contribution in [1.29, 1.82) is 0 Å². The van der Waals surface area contributed by atoms with Crippen molar-refractivity contribution >= 4 is 33.4 Å². The number of carbonyl (C=O) groups excluding carboxylic acids is 1. The standard InChI is InChI=1S/C21H15N5O3S/c1-28-14-8-4-2-6-12(14)18-23-21(26-25-18)24-19(27)15-10-11-16(29-15)20-22-13-7-3-5-9-17(13)30-20/h2-11H,1H3,(H2,23,24,25,26,27). The molecule has 0 saturated heterocycles. The van der Waals surface area contributed by atoms with Crippen LogP contribution in [-0.4, -0.2) is 33.2 Å². The maximum atomic E-state index is 12.6. The zero-order valence-corrected chi connectivity index (χ0v) is 16.6. The van der Waals surface area contributed by atoms with Crippen molar-refractivity contribution in [2.75, 3.05) is 12.4 Å². The summed E-state index contributed by atoms with van der Waals surface area (Å²) in [6.45, 7) is 0. The Morgan fingerprint density at radius 2 is 1.90 bits per heavy atom. The van der Waals surface area contributed by atoms with Crippen molar-refractivity contribution in [3.63, 3.8) is 0 Å². The van der Waals surface area contributed by atoms with Crippen LogP contribution in [0.4, 0.5) is 5.95 Å². The van der Waals surface area contributed by atoms with Crippen LogP contribution >= 0.6 is 11.3 Å². The van der Waals surface area contributed by atoms with E-state index in [4.69, 9.17) is 9.15 Å². The molecule has 2 aromatic carbocycles. The zero-order valence-electron chi connectivity index (χ0n) is 15.7. The topological polar surface area (TPSA) is 106 Å². The quantitative estimate of drug-likeness (QED) is 0.433. The average molecular weight is 417 g/mol. The van der Waals surface area contributed by atoms with Gasteiger partial charge in [0.2, 0.25) is 5.95 Å². The number of H-pyrrole nitrogens is 1. The van der Waals surface area contributed by atoms with E-state index in [0.29, 0.717) is 22.3 Å². The van der Waals surface area contributed by atoms with Gasteiger partial charge < -0.3 is 9.15 Å². The molecule has 0 bridgehead atoms. The van der Waals surface area contributed by atoms with Crippen LogP contribution in [-0.2, 0) is 0 Å². The van der Waals surface area contributed by atoms with E-state index < -0.39 is 5.91 Å². The van der Waals surface area contributed by atoms with E-state index in [1.54, 1.807) is 19.2 Å². The van der Waals surface area contributed by atoms with E-state index in [9.17, 15) is 4.79 Å². The molecule has 9 heteroatoms. The van der Waals surface area contributed by atoms with Gasteiger partial charge in [0.25, 0.3) is 5.91 Å². The summed E-state index contributed by atoms with van der Waals surface area (Å²) >= 11 is 1.51. The molecule has 8 nitrogen and oxygen atoms in total. The number of anilines is 1. The van der Waals surface area contributed by atoms with E-state index in [0.717, 1.165) is 15.8 Å². The minimum absolute atomic E-state index is 0.138. The predicted molar refractivity (Wildman–Crippen MR) is 114 cm³/mol. The first-order chi connectivity index (χ1) is 14.7. The number of amides is 1. The molecule has 0 unspecified atom stereocenters. The summed E-state index contributed by atoms with van der Waals surface area (Å²) in [5, 5.41) is 10.2. The van der Waals surface area contributed by atoms with Crippen LogP contribution in [0.3, 0.4) is 0 Å². The number of rotatable bonds is 5. The number of ether oxygens (including phenoxy) is 1. The number of nitrogens with one attached hydrogen (secondary N) is 2. The smallest absolute Gasteiger partial charge is 0.293 e. The van der Waals surface area contributed by atoms with E-state index in [1.807, 2.05) is 48.5 Å². The molecule has 1 amide bonds. The molecule has 3 aromatic heterocycles. The third-order valence-corrected chi connectivity index (χ3v) is 5.46. The summed E-state index contributed by atoms with van der Waals surface area (Å²) in [7, 11) is 1.58. The molecule has 0 aliphatic carbocycles. The van der Waals surface area contributed by atoms with Gasteiger partial charge in [0.15, 0.2) is 22.4 Å². The van der Waals surface area contributed by atoms with Crippen LogP contribution in [0.25, 0.3) is 32.4 Å². The maximum Gasteiger partial charge on any atom is 0.293 e. The lowest BCUT2D eigenvalue weighted by Crippen LogP contribution is -2.12. The second kappa shape index (κ2) is 7.45. The number of carbonyl (C=O) groups is 1. The fourth-order valence-corrected chi connectivity index (χ4v) is 3.92. The fraction of sp³-hybridized carbons (Fsp3) is 0.0476. The van der Waals surface area contributed by atoms with Gasteiger partial charge in [-0.05, 0) is 36.4 Å². The fourth-order valence-electron chi connectivity index (χ4n) is 2.99. The zero-order chi connectivity index (χ0) is 20.5. The first kappa shape index (κ1) is 18.1. The Labute approximate surface area is 174 Å². The predicted octanol–water partition coefficient (Wildman–Crippen LogP) is 4.60. The van der Waals surface area contributed by atoms with Crippen molar-refractivity contribution in [3.05, 3.63) is 66.4 Å². The van der Waals surface area contributed by atoms with Crippen LogP contribution in [0, 0.1) is 0 Å². The number of nitrogens with zero attached hydrogens (tertiary/aromatic N) is 3. The molecule has 148 valence electrons. The lowest BCUT2D eigenvalue weighted by molar-refractivity contribution is 0.0996. The van der Waals surface area contributed by atoms with Gasteiger partial charge in [-0.3, -0.25) is 15.2 Å². The van der Waals surface area contributed by atoms with Crippen LogP contribution in [0.1, 0.15) is 10.6 Å². The molecule has 5 rings (SSSR count). The number of aromatic nitrogens is 4. The van der Waals surface area contributed by atoms with Gasteiger partial charge in [-0.15, -0.1) is 16.4 Å². The Morgan fingerprint density at radius 1 is 1.07 bits per heavy atom. The summed E-state index contributed by atoms with van der Waals surface area (Å²) in [4.78, 5) is 21.4. The summed E-state index contributed by atoms with van der Waals surface area (Å²) in [6.07, 6.45) is 0. The Hall–Kier alpha value is -3.98. The highest BCUT2D eigenvalue weighted by Crippen LogP contribution is 2.31. The van der Waals surface area contributed by atoms with E-state index in [2.05, 4.69) is 25.5 Å². The first-order valence-electron chi connectivity index (χ1n) is 9.04. The Balaban J connectivity index is 1.35. The molecule has 0 spiro atoms. The average Bonchev–Trinajstić information content (AvgIpc) is 3.52. The van der Waals surface area contributed by atoms with Crippen molar-refractivity contribution in [2.24, 2.45) is 0 Å². The third-order valence-electron chi connectivity index (χ3n) is 4.41. The van der Waals surface area contributed by atoms with Crippen molar-refractivity contribution in [1.82, 2.24) is 20.2 Å². The SMILES string of the molecule is COc1ccccc1-c1nc(NC(=O)c2ccc(-c3nc4ccccc4s3)o2)n[nH]1. The molecule has 0 aliphatic rings. The number of para-hydroxylation sites is 2. The normalized spacial score (nSPS) is 11.0. The lowest BCUT2D eigenvalue weighted by atomic mass is 10.2. The number of methoxy groups -OCH3 is 1. The number of thiazole rings is 1. The molecular formula is C21H15N5O3S. The molecule has 0 radical (unpaired) electrons. The summed E-state index contributed by atoms with van der Waals surface area (Å²) in [5.74, 6) is 1.50.